The number of halogens is 4. The van der Waals surface area contributed by atoms with E-state index in [0.717, 1.165) is 12.1 Å². The van der Waals surface area contributed by atoms with Crippen LogP contribution in [0.2, 0.25) is 10.2 Å². The van der Waals surface area contributed by atoms with Crippen molar-refractivity contribution in [2.24, 2.45) is 0 Å². The van der Waals surface area contributed by atoms with E-state index in [1.54, 1.807) is 6.92 Å². The molecule has 0 aliphatic carbocycles. The molecule has 110 valence electrons. The smallest absolute Gasteiger partial charge is 0.253 e. The highest BCUT2D eigenvalue weighted by Gasteiger charge is 2.17. The molecule has 21 heavy (non-hydrogen) atoms. The van der Waals surface area contributed by atoms with Gasteiger partial charge in [0.1, 0.15) is 16.8 Å². The number of pyridine rings is 1. The average Bonchev–Trinajstić information content (AvgIpc) is 2.41. The monoisotopic (exact) mass is 330 g/mol. The molecule has 2 rings (SSSR count). The second-order valence-electron chi connectivity index (χ2n) is 4.35. The highest BCUT2D eigenvalue weighted by Crippen LogP contribution is 2.21. The standard InChI is InChI=1S/C14H10Cl2F2N2O/c1-7(9-3-2-8(17)4-12(9)18)20-14(21)10-5-13(16)19-6-11(10)15/h2-7H,1H3,(H,20,21). The first-order valence-electron chi connectivity index (χ1n) is 5.95. The number of rotatable bonds is 3. The number of hydrogen-bond acceptors (Lipinski definition) is 2. The summed E-state index contributed by atoms with van der Waals surface area (Å²) in [6.07, 6.45) is 1.25. The van der Waals surface area contributed by atoms with E-state index in [-0.39, 0.29) is 21.3 Å². The zero-order valence-corrected chi connectivity index (χ0v) is 12.3. The minimum Gasteiger partial charge on any atom is -0.345 e. The summed E-state index contributed by atoms with van der Waals surface area (Å²) in [6, 6.07) is 3.80. The molecule has 1 heterocycles. The summed E-state index contributed by atoms with van der Waals surface area (Å²) >= 11 is 11.6. The third kappa shape index (κ3) is 3.68. The molecule has 1 atom stereocenters. The quantitative estimate of drug-likeness (QED) is 0.858. The highest BCUT2D eigenvalue weighted by molar-refractivity contribution is 6.35. The van der Waals surface area contributed by atoms with Gasteiger partial charge in [0.2, 0.25) is 0 Å². The van der Waals surface area contributed by atoms with Gasteiger partial charge in [0.15, 0.2) is 0 Å². The Balaban J connectivity index is 2.20. The Bertz CT molecular complexity index is 695. The van der Waals surface area contributed by atoms with E-state index in [9.17, 15) is 13.6 Å². The van der Waals surface area contributed by atoms with E-state index in [4.69, 9.17) is 23.2 Å². The predicted octanol–water partition coefficient (Wildman–Crippen LogP) is 4.16. The fourth-order valence-electron chi connectivity index (χ4n) is 1.79. The SMILES string of the molecule is CC(NC(=O)c1cc(Cl)ncc1Cl)c1ccc(F)cc1F. The van der Waals surface area contributed by atoms with Crippen LogP contribution in [-0.4, -0.2) is 10.9 Å². The Morgan fingerprint density at radius 1 is 1.29 bits per heavy atom. The molecule has 7 heteroatoms. The minimum absolute atomic E-state index is 0.116. The lowest BCUT2D eigenvalue weighted by Gasteiger charge is -2.15. The van der Waals surface area contributed by atoms with Crippen LogP contribution in [0, 0.1) is 11.6 Å². The summed E-state index contributed by atoms with van der Waals surface area (Å²) in [4.78, 5) is 15.8. The normalized spacial score (nSPS) is 12.0. The van der Waals surface area contributed by atoms with E-state index < -0.39 is 23.6 Å². The largest absolute Gasteiger partial charge is 0.345 e. The van der Waals surface area contributed by atoms with Gasteiger partial charge < -0.3 is 5.32 Å². The van der Waals surface area contributed by atoms with Gasteiger partial charge in [-0.2, -0.15) is 0 Å². The lowest BCUT2D eigenvalue weighted by Crippen LogP contribution is -2.27. The summed E-state index contributed by atoms with van der Waals surface area (Å²) < 4.78 is 26.5. The van der Waals surface area contributed by atoms with Crippen molar-refractivity contribution in [3.8, 4) is 0 Å². The summed E-state index contributed by atoms with van der Waals surface area (Å²) in [5, 5.41) is 2.81. The molecule has 2 aromatic rings. The maximum atomic E-state index is 13.6. The minimum atomic E-state index is -0.735. The molecule has 3 nitrogen and oxygen atoms in total. The van der Waals surface area contributed by atoms with Crippen molar-refractivity contribution in [2.75, 3.05) is 0 Å². The molecule has 1 unspecified atom stereocenters. The van der Waals surface area contributed by atoms with Crippen molar-refractivity contribution >= 4 is 29.1 Å². The molecule has 0 spiro atoms. The second-order valence-corrected chi connectivity index (χ2v) is 5.14. The van der Waals surface area contributed by atoms with Crippen molar-refractivity contribution in [2.45, 2.75) is 13.0 Å². The molecule has 0 saturated carbocycles. The van der Waals surface area contributed by atoms with Gasteiger partial charge in [0.25, 0.3) is 5.91 Å². The number of amides is 1. The maximum Gasteiger partial charge on any atom is 0.253 e. The molecule has 0 bridgehead atoms. The second kappa shape index (κ2) is 6.37. The summed E-state index contributed by atoms with van der Waals surface area (Å²) in [5.74, 6) is -1.94. The fourth-order valence-corrected chi connectivity index (χ4v) is 2.14. The van der Waals surface area contributed by atoms with Crippen LogP contribution in [-0.2, 0) is 0 Å². The van der Waals surface area contributed by atoms with Crippen LogP contribution in [0.5, 0.6) is 0 Å². The molecule has 1 amide bonds. The van der Waals surface area contributed by atoms with Gasteiger partial charge in [-0.15, -0.1) is 0 Å². The Morgan fingerprint density at radius 2 is 2.00 bits per heavy atom. The topological polar surface area (TPSA) is 42.0 Å². The third-order valence-electron chi connectivity index (χ3n) is 2.84. The van der Waals surface area contributed by atoms with Crippen molar-refractivity contribution in [1.29, 1.82) is 0 Å². The molecule has 1 aromatic carbocycles. The number of benzene rings is 1. The maximum absolute atomic E-state index is 13.6. The Labute approximate surface area is 129 Å². The van der Waals surface area contributed by atoms with Gasteiger partial charge >= 0.3 is 0 Å². The number of aromatic nitrogens is 1. The molecule has 0 radical (unpaired) electrons. The Hall–Kier alpha value is -1.72. The van der Waals surface area contributed by atoms with Crippen LogP contribution >= 0.6 is 23.2 Å². The van der Waals surface area contributed by atoms with Gasteiger partial charge in [-0.1, -0.05) is 29.3 Å². The van der Waals surface area contributed by atoms with E-state index >= 15 is 0 Å². The molecular weight excluding hydrogens is 321 g/mol. The summed E-state index contributed by atoms with van der Waals surface area (Å²) in [7, 11) is 0. The number of carbonyl (C=O) groups is 1. The van der Waals surface area contributed by atoms with Gasteiger partial charge in [-0.25, -0.2) is 13.8 Å². The summed E-state index contributed by atoms with van der Waals surface area (Å²) in [6.45, 7) is 1.57. The molecule has 0 fully saturated rings. The van der Waals surface area contributed by atoms with Gasteiger partial charge in [0, 0.05) is 17.8 Å². The number of hydrogen-bond donors (Lipinski definition) is 1. The van der Waals surface area contributed by atoms with E-state index in [1.165, 1.54) is 18.3 Å². The van der Waals surface area contributed by atoms with Crippen molar-refractivity contribution < 1.29 is 13.6 Å². The molecule has 0 aliphatic heterocycles. The highest BCUT2D eigenvalue weighted by atomic mass is 35.5. The molecular formula is C14H10Cl2F2N2O. The lowest BCUT2D eigenvalue weighted by molar-refractivity contribution is 0.0939. The van der Waals surface area contributed by atoms with Crippen LogP contribution in [0.15, 0.2) is 30.5 Å². The zero-order chi connectivity index (χ0) is 15.6. The van der Waals surface area contributed by atoms with Crippen molar-refractivity contribution in [1.82, 2.24) is 10.3 Å². The van der Waals surface area contributed by atoms with E-state index in [2.05, 4.69) is 10.3 Å². The first-order valence-corrected chi connectivity index (χ1v) is 6.71. The molecule has 0 saturated heterocycles. The number of carbonyl (C=O) groups excluding carboxylic acids is 1. The van der Waals surface area contributed by atoms with Crippen LogP contribution in [0.1, 0.15) is 28.9 Å². The van der Waals surface area contributed by atoms with E-state index in [0.29, 0.717) is 0 Å². The molecule has 1 N–H and O–H groups in total. The van der Waals surface area contributed by atoms with Crippen LogP contribution in [0.25, 0.3) is 0 Å². The fraction of sp³-hybridized carbons (Fsp3) is 0.143. The first-order chi connectivity index (χ1) is 9.88. The Morgan fingerprint density at radius 3 is 2.67 bits per heavy atom. The number of nitrogens with one attached hydrogen (secondary N) is 1. The molecule has 0 aliphatic rings. The Kier molecular flexibility index (Phi) is 4.75. The third-order valence-corrected chi connectivity index (χ3v) is 3.35. The van der Waals surface area contributed by atoms with Gasteiger partial charge in [0.05, 0.1) is 16.6 Å². The average molecular weight is 331 g/mol. The van der Waals surface area contributed by atoms with Crippen LogP contribution < -0.4 is 5.32 Å². The number of nitrogens with zero attached hydrogens (tertiary/aromatic N) is 1. The van der Waals surface area contributed by atoms with Crippen molar-refractivity contribution in [3.05, 3.63) is 63.4 Å². The predicted molar refractivity (Wildman–Crippen MR) is 76.5 cm³/mol. The van der Waals surface area contributed by atoms with Crippen LogP contribution in [0.3, 0.4) is 0 Å². The zero-order valence-electron chi connectivity index (χ0n) is 10.8. The van der Waals surface area contributed by atoms with Crippen LogP contribution in [0.4, 0.5) is 8.78 Å². The van der Waals surface area contributed by atoms with E-state index in [1.807, 2.05) is 0 Å². The van der Waals surface area contributed by atoms with Crippen molar-refractivity contribution in [3.63, 3.8) is 0 Å². The summed E-state index contributed by atoms with van der Waals surface area (Å²) in [5.41, 5.74) is 0.298. The molecule has 1 aromatic heterocycles. The lowest BCUT2D eigenvalue weighted by atomic mass is 10.1. The first kappa shape index (κ1) is 15.7. The van der Waals surface area contributed by atoms with Gasteiger partial charge in [-0.3, -0.25) is 4.79 Å². The van der Waals surface area contributed by atoms with Gasteiger partial charge in [-0.05, 0) is 19.1 Å².